The summed E-state index contributed by atoms with van der Waals surface area (Å²) in [4.78, 5) is 12.0. The van der Waals surface area contributed by atoms with Gasteiger partial charge in [-0.15, -0.1) is 0 Å². The second kappa shape index (κ2) is 8.55. The summed E-state index contributed by atoms with van der Waals surface area (Å²) in [6.45, 7) is 9.83. The van der Waals surface area contributed by atoms with Gasteiger partial charge < -0.3 is 9.47 Å². The van der Waals surface area contributed by atoms with Gasteiger partial charge in [0, 0.05) is 0 Å². The molecule has 0 aliphatic heterocycles. The molecule has 3 aromatic rings. The summed E-state index contributed by atoms with van der Waals surface area (Å²) in [5.41, 5.74) is 9.61. The summed E-state index contributed by atoms with van der Waals surface area (Å²) >= 11 is 0. The Balaban J connectivity index is 1.75. The average Bonchev–Trinajstić information content (AvgIpc) is 2.94. The fraction of sp³-hybridized carbons (Fsp3) is 0.391. The van der Waals surface area contributed by atoms with Gasteiger partial charge in [0.1, 0.15) is 29.9 Å². The van der Waals surface area contributed by atoms with Crippen LogP contribution in [0, 0.1) is 0 Å². The molecule has 0 spiro atoms. The molecule has 6 heteroatoms. The third-order valence-corrected chi connectivity index (χ3v) is 4.91. The molecule has 3 rings (SSSR count). The zero-order valence-electron chi connectivity index (χ0n) is 17.6. The average molecular weight is 397 g/mol. The van der Waals surface area contributed by atoms with Crippen LogP contribution in [0.25, 0.3) is 11.0 Å². The van der Waals surface area contributed by atoms with E-state index in [0.29, 0.717) is 25.7 Å². The van der Waals surface area contributed by atoms with Crippen molar-refractivity contribution in [3.05, 3.63) is 54.1 Å². The second-order valence-corrected chi connectivity index (χ2v) is 8.01. The highest BCUT2D eigenvalue weighted by Gasteiger charge is 2.23. The Kier molecular flexibility index (Phi) is 6.11. The van der Waals surface area contributed by atoms with Gasteiger partial charge in [-0.1, -0.05) is 45.0 Å². The Morgan fingerprint density at radius 2 is 1.79 bits per heavy atom. The van der Waals surface area contributed by atoms with Gasteiger partial charge in [0.15, 0.2) is 6.54 Å². The molecule has 0 saturated heterocycles. The van der Waals surface area contributed by atoms with Gasteiger partial charge >= 0.3 is 11.9 Å². The Hall–Kier alpha value is -3.02. The van der Waals surface area contributed by atoms with Crippen molar-refractivity contribution in [2.45, 2.75) is 46.2 Å². The molecule has 0 radical (unpaired) electrons. The topological polar surface area (TPSA) is 70.4 Å². The number of hydrogen-bond donors (Lipinski definition) is 1. The monoisotopic (exact) mass is 396 g/mol. The molecule has 0 unspecified atom stereocenters. The maximum atomic E-state index is 12.0. The summed E-state index contributed by atoms with van der Waals surface area (Å²) in [7, 11) is 0. The van der Waals surface area contributed by atoms with E-state index in [1.807, 2.05) is 41.0 Å². The van der Waals surface area contributed by atoms with E-state index in [9.17, 15) is 4.79 Å². The number of benzene rings is 2. The van der Waals surface area contributed by atoms with Crippen molar-refractivity contribution in [2.75, 3.05) is 18.9 Å². The zero-order chi connectivity index (χ0) is 21.0. The molecule has 1 heterocycles. The predicted molar refractivity (Wildman–Crippen MR) is 114 cm³/mol. The van der Waals surface area contributed by atoms with Gasteiger partial charge in [-0.25, -0.2) is 13.9 Å². The fourth-order valence-corrected chi connectivity index (χ4v) is 3.36. The number of para-hydroxylation sites is 2. The van der Waals surface area contributed by atoms with Crippen molar-refractivity contribution < 1.29 is 18.8 Å². The lowest BCUT2D eigenvalue weighted by Gasteiger charge is -2.19. The molecule has 154 valence electrons. The van der Waals surface area contributed by atoms with Crippen LogP contribution in [-0.4, -0.2) is 23.8 Å². The standard InChI is InChI=1S/C23H29N3O3/c1-5-28-21(27)16-26-20-9-7-6-8-19(20)25(22(26)24)14-15-29-18-12-10-17(11-13-18)23(2,3)4/h6-13,24H,5,14-16H2,1-4H3/p+1. The van der Waals surface area contributed by atoms with Crippen molar-refractivity contribution in [2.24, 2.45) is 0 Å². The molecule has 1 aromatic heterocycles. The smallest absolute Gasteiger partial charge is 0.356 e. The minimum absolute atomic E-state index is 0.0856. The lowest BCUT2D eigenvalue weighted by atomic mass is 9.87. The summed E-state index contributed by atoms with van der Waals surface area (Å²) in [6, 6.07) is 16.0. The molecule has 0 fully saturated rings. The minimum Gasteiger partial charge on any atom is -0.490 e. The molecule has 0 saturated carbocycles. The quantitative estimate of drug-likeness (QED) is 0.491. The van der Waals surface area contributed by atoms with Gasteiger partial charge in [-0.3, -0.25) is 5.73 Å². The number of esters is 1. The number of fused-ring (bicyclic) bond motifs is 1. The first-order valence-electron chi connectivity index (χ1n) is 9.96. The highest BCUT2D eigenvalue weighted by atomic mass is 16.5. The van der Waals surface area contributed by atoms with Crippen molar-refractivity contribution in [1.29, 1.82) is 0 Å². The van der Waals surface area contributed by atoms with Crippen molar-refractivity contribution in [3.63, 3.8) is 0 Å². The number of anilines is 1. The largest absolute Gasteiger partial charge is 0.490 e. The number of nitrogens with two attached hydrogens (primary N) is 1. The Morgan fingerprint density at radius 3 is 2.45 bits per heavy atom. The summed E-state index contributed by atoms with van der Waals surface area (Å²) in [6.07, 6.45) is 0. The molecular formula is C23H30N3O3+. The van der Waals surface area contributed by atoms with E-state index in [4.69, 9.17) is 15.2 Å². The molecule has 2 N–H and O–H groups in total. The molecule has 0 bridgehead atoms. The lowest BCUT2D eigenvalue weighted by molar-refractivity contribution is -0.646. The van der Waals surface area contributed by atoms with Crippen molar-refractivity contribution in [1.82, 2.24) is 4.57 Å². The highest BCUT2D eigenvalue weighted by molar-refractivity contribution is 5.75. The second-order valence-electron chi connectivity index (χ2n) is 8.01. The number of imidazole rings is 1. The first kappa shape index (κ1) is 20.7. The zero-order valence-corrected chi connectivity index (χ0v) is 17.6. The van der Waals surface area contributed by atoms with E-state index in [1.165, 1.54) is 5.56 Å². The number of aromatic nitrogens is 2. The number of carbonyl (C=O) groups is 1. The van der Waals surface area contributed by atoms with E-state index in [1.54, 1.807) is 11.5 Å². The van der Waals surface area contributed by atoms with Gasteiger partial charge in [-0.2, -0.15) is 0 Å². The van der Waals surface area contributed by atoms with E-state index >= 15 is 0 Å². The number of hydrogen-bond acceptors (Lipinski definition) is 4. The Labute approximate surface area is 171 Å². The molecule has 0 atom stereocenters. The van der Waals surface area contributed by atoms with Crippen LogP contribution < -0.4 is 15.0 Å². The van der Waals surface area contributed by atoms with E-state index in [0.717, 1.165) is 16.8 Å². The lowest BCUT2D eigenvalue weighted by Crippen LogP contribution is -2.41. The number of carbonyl (C=O) groups excluding carboxylic acids is 1. The Bertz CT molecular complexity index is 985. The van der Waals surface area contributed by atoms with Crippen LogP contribution in [-0.2, 0) is 28.0 Å². The van der Waals surface area contributed by atoms with Crippen LogP contribution in [0.4, 0.5) is 5.95 Å². The first-order chi connectivity index (χ1) is 13.8. The minimum atomic E-state index is -0.303. The van der Waals surface area contributed by atoms with Gasteiger partial charge in [-0.05, 0) is 42.2 Å². The number of ether oxygens (including phenoxy) is 2. The van der Waals surface area contributed by atoms with Crippen LogP contribution in [0.2, 0.25) is 0 Å². The van der Waals surface area contributed by atoms with E-state index in [-0.39, 0.29) is 17.9 Å². The van der Waals surface area contributed by atoms with Crippen LogP contribution in [0.15, 0.2) is 48.5 Å². The number of nitrogen functional groups attached to an aromatic ring is 1. The third kappa shape index (κ3) is 4.70. The van der Waals surface area contributed by atoms with Crippen LogP contribution in [0.5, 0.6) is 5.75 Å². The van der Waals surface area contributed by atoms with Crippen molar-refractivity contribution >= 4 is 23.0 Å². The highest BCUT2D eigenvalue weighted by Crippen LogP contribution is 2.24. The van der Waals surface area contributed by atoms with Gasteiger partial charge in [0.2, 0.25) is 0 Å². The molecule has 2 aromatic carbocycles. The van der Waals surface area contributed by atoms with Crippen molar-refractivity contribution in [3.8, 4) is 5.75 Å². The molecule has 29 heavy (non-hydrogen) atoms. The van der Waals surface area contributed by atoms with E-state index in [2.05, 4.69) is 32.9 Å². The summed E-state index contributed by atoms with van der Waals surface area (Å²) in [5.74, 6) is 1.03. The first-order valence-corrected chi connectivity index (χ1v) is 9.96. The maximum Gasteiger partial charge on any atom is 0.356 e. The molecule has 6 nitrogen and oxygen atoms in total. The third-order valence-electron chi connectivity index (χ3n) is 4.91. The van der Waals surface area contributed by atoms with E-state index < -0.39 is 0 Å². The molecule has 0 amide bonds. The Morgan fingerprint density at radius 1 is 1.10 bits per heavy atom. The number of rotatable bonds is 7. The normalized spacial score (nSPS) is 11.6. The summed E-state index contributed by atoms with van der Waals surface area (Å²) < 4.78 is 14.8. The van der Waals surface area contributed by atoms with Crippen LogP contribution in [0.1, 0.15) is 33.3 Å². The van der Waals surface area contributed by atoms with Crippen LogP contribution in [0.3, 0.4) is 0 Å². The van der Waals surface area contributed by atoms with Gasteiger partial charge in [0.25, 0.3) is 0 Å². The maximum absolute atomic E-state index is 12.0. The molecular weight excluding hydrogens is 366 g/mol. The SMILES string of the molecule is CCOC(=O)C[n+]1c(N)n(CCOc2ccc(C(C)(C)C)cc2)c2ccccc21. The van der Waals surface area contributed by atoms with Crippen LogP contribution >= 0.6 is 0 Å². The molecule has 0 aliphatic rings. The fourth-order valence-electron chi connectivity index (χ4n) is 3.36. The van der Waals surface area contributed by atoms with Gasteiger partial charge in [0.05, 0.1) is 6.61 Å². The number of nitrogens with zero attached hydrogens (tertiary/aromatic N) is 2. The summed E-state index contributed by atoms with van der Waals surface area (Å²) in [5, 5.41) is 0. The molecule has 0 aliphatic carbocycles. The predicted octanol–water partition coefficient (Wildman–Crippen LogP) is 3.45.